The Labute approximate surface area is 117 Å². The molecule has 0 N–H and O–H groups in total. The molecule has 0 amide bonds. The van der Waals surface area contributed by atoms with E-state index in [0.29, 0.717) is 12.8 Å². The van der Waals surface area contributed by atoms with Gasteiger partial charge in [0.1, 0.15) is 6.61 Å². The van der Waals surface area contributed by atoms with Crippen molar-refractivity contribution < 1.29 is 33.4 Å². The van der Waals surface area contributed by atoms with Gasteiger partial charge in [0.25, 0.3) is 0 Å². The predicted molar refractivity (Wildman–Crippen MR) is 67.7 cm³/mol. The summed E-state index contributed by atoms with van der Waals surface area (Å²) in [7, 11) is 0. The molecule has 0 rings (SSSR count). The Morgan fingerprint density at radius 3 is 1.70 bits per heavy atom. The summed E-state index contributed by atoms with van der Waals surface area (Å²) in [5.41, 5.74) is 0. The van der Waals surface area contributed by atoms with Crippen LogP contribution in [0.5, 0.6) is 0 Å². The highest BCUT2D eigenvalue weighted by atomic mass is 16.6. The molecule has 0 bridgehead atoms. The third-order valence-corrected chi connectivity index (χ3v) is 2.10. The molecular weight excluding hydrogens is 268 g/mol. The maximum absolute atomic E-state index is 11.2. The normalized spacial score (nSPS) is 9.70. The number of hydrogen-bond acceptors (Lipinski definition) is 7. The summed E-state index contributed by atoms with van der Waals surface area (Å²) in [6.45, 7) is 2.60. The molecule has 20 heavy (non-hydrogen) atoms. The van der Waals surface area contributed by atoms with Crippen LogP contribution >= 0.6 is 0 Å². The van der Waals surface area contributed by atoms with E-state index in [2.05, 4.69) is 14.2 Å². The second kappa shape index (κ2) is 11.0. The molecule has 0 aromatic rings. The maximum atomic E-state index is 11.2. The number of carbonyl (C=O) groups is 4. The summed E-state index contributed by atoms with van der Waals surface area (Å²) in [5.74, 6) is -1.80. The molecule has 0 radical (unpaired) electrons. The van der Waals surface area contributed by atoms with Crippen molar-refractivity contribution in [3.05, 3.63) is 0 Å². The lowest BCUT2D eigenvalue weighted by Crippen LogP contribution is -2.16. The number of ketones is 1. The fourth-order valence-electron chi connectivity index (χ4n) is 1.21. The first-order valence-electron chi connectivity index (χ1n) is 6.42. The van der Waals surface area contributed by atoms with E-state index in [9.17, 15) is 19.2 Å². The van der Waals surface area contributed by atoms with Gasteiger partial charge >= 0.3 is 17.9 Å². The van der Waals surface area contributed by atoms with Gasteiger partial charge in [0.05, 0.1) is 6.61 Å². The van der Waals surface area contributed by atoms with Gasteiger partial charge in [0.2, 0.25) is 0 Å². The van der Waals surface area contributed by atoms with Crippen LogP contribution in [0.25, 0.3) is 0 Å². The van der Waals surface area contributed by atoms with Gasteiger partial charge in [-0.2, -0.15) is 0 Å². The lowest BCUT2D eigenvalue weighted by atomic mass is 10.2. The standard InChI is InChI=1S/C13H20O7/c1-3-18-13(17)9-20-12(16)7-5-4-6-11(15)19-8-10(2)14/h3-9H2,1-2H3. The van der Waals surface area contributed by atoms with Crippen molar-refractivity contribution in [3.63, 3.8) is 0 Å². The quantitative estimate of drug-likeness (QED) is 0.333. The van der Waals surface area contributed by atoms with Crippen LogP contribution in [0, 0.1) is 0 Å². The third-order valence-electron chi connectivity index (χ3n) is 2.10. The number of unbranched alkanes of at least 4 members (excludes halogenated alkanes) is 1. The van der Waals surface area contributed by atoms with E-state index in [4.69, 9.17) is 0 Å². The molecule has 0 saturated carbocycles. The molecule has 7 heteroatoms. The second-order valence-corrected chi connectivity index (χ2v) is 4.04. The highest BCUT2D eigenvalue weighted by Gasteiger charge is 2.09. The highest BCUT2D eigenvalue weighted by molar-refractivity contribution is 5.80. The monoisotopic (exact) mass is 288 g/mol. The first kappa shape index (κ1) is 18.1. The van der Waals surface area contributed by atoms with Crippen LogP contribution in [0.3, 0.4) is 0 Å². The van der Waals surface area contributed by atoms with Crippen LogP contribution in [-0.2, 0) is 33.4 Å². The molecule has 0 spiro atoms. The van der Waals surface area contributed by atoms with Crippen molar-refractivity contribution in [2.24, 2.45) is 0 Å². The fraction of sp³-hybridized carbons (Fsp3) is 0.692. The minimum atomic E-state index is -0.589. The van der Waals surface area contributed by atoms with Crippen LogP contribution in [0.1, 0.15) is 39.5 Å². The van der Waals surface area contributed by atoms with Gasteiger partial charge in [0, 0.05) is 12.8 Å². The van der Waals surface area contributed by atoms with Gasteiger partial charge in [-0.3, -0.25) is 14.4 Å². The minimum absolute atomic E-state index is 0.111. The van der Waals surface area contributed by atoms with Gasteiger partial charge < -0.3 is 14.2 Å². The van der Waals surface area contributed by atoms with Crippen LogP contribution < -0.4 is 0 Å². The van der Waals surface area contributed by atoms with Crippen molar-refractivity contribution in [2.45, 2.75) is 39.5 Å². The first-order valence-corrected chi connectivity index (χ1v) is 6.42. The zero-order chi connectivity index (χ0) is 15.4. The van der Waals surface area contributed by atoms with Crippen molar-refractivity contribution in [3.8, 4) is 0 Å². The molecule has 0 unspecified atom stereocenters. The smallest absolute Gasteiger partial charge is 0.344 e. The van der Waals surface area contributed by atoms with Crippen molar-refractivity contribution in [1.82, 2.24) is 0 Å². The summed E-state index contributed by atoms with van der Waals surface area (Å²) < 4.78 is 13.9. The lowest BCUT2D eigenvalue weighted by molar-refractivity contribution is -0.158. The number of hydrogen-bond donors (Lipinski definition) is 0. The summed E-state index contributed by atoms with van der Waals surface area (Å²) in [5, 5.41) is 0. The maximum Gasteiger partial charge on any atom is 0.344 e. The highest BCUT2D eigenvalue weighted by Crippen LogP contribution is 2.03. The minimum Gasteiger partial charge on any atom is -0.463 e. The molecule has 0 aliphatic heterocycles. The van der Waals surface area contributed by atoms with Crippen molar-refractivity contribution in [2.75, 3.05) is 19.8 Å². The summed E-state index contributed by atoms with van der Waals surface area (Å²) >= 11 is 0. The molecule has 0 fully saturated rings. The van der Waals surface area contributed by atoms with Gasteiger partial charge in [-0.15, -0.1) is 0 Å². The van der Waals surface area contributed by atoms with Gasteiger partial charge in [-0.1, -0.05) is 0 Å². The summed E-state index contributed by atoms with van der Waals surface area (Å²) in [6, 6.07) is 0. The summed E-state index contributed by atoms with van der Waals surface area (Å²) in [6.07, 6.45) is 1.14. The number of carbonyl (C=O) groups excluding carboxylic acids is 4. The van der Waals surface area contributed by atoms with E-state index < -0.39 is 24.5 Å². The molecule has 0 aromatic carbocycles. The van der Waals surface area contributed by atoms with Crippen LogP contribution in [0.15, 0.2) is 0 Å². The van der Waals surface area contributed by atoms with E-state index in [1.807, 2.05) is 0 Å². The third kappa shape index (κ3) is 11.2. The van der Waals surface area contributed by atoms with Crippen LogP contribution in [-0.4, -0.2) is 43.5 Å². The zero-order valence-electron chi connectivity index (χ0n) is 11.8. The predicted octanol–water partition coefficient (Wildman–Crippen LogP) is 0.785. The first-order chi connectivity index (χ1) is 9.45. The number of rotatable bonds is 10. The Morgan fingerprint density at radius 1 is 0.750 bits per heavy atom. The number of ether oxygens (including phenoxy) is 3. The van der Waals surface area contributed by atoms with Gasteiger partial charge in [-0.05, 0) is 26.7 Å². The van der Waals surface area contributed by atoms with E-state index in [1.165, 1.54) is 6.92 Å². The van der Waals surface area contributed by atoms with E-state index in [-0.39, 0.29) is 31.8 Å². The van der Waals surface area contributed by atoms with Gasteiger partial charge in [-0.25, -0.2) is 4.79 Å². The Bertz CT molecular complexity index is 349. The molecule has 7 nitrogen and oxygen atoms in total. The number of Topliss-reactive ketones (excluding diaryl/α,β-unsaturated/α-hetero) is 1. The van der Waals surface area contributed by atoms with Gasteiger partial charge in [0.15, 0.2) is 12.4 Å². The second-order valence-electron chi connectivity index (χ2n) is 4.04. The molecule has 0 aromatic heterocycles. The Kier molecular flexibility index (Phi) is 9.90. The lowest BCUT2D eigenvalue weighted by Gasteiger charge is -2.04. The largest absolute Gasteiger partial charge is 0.463 e. The zero-order valence-corrected chi connectivity index (χ0v) is 11.8. The van der Waals surface area contributed by atoms with E-state index >= 15 is 0 Å². The Balaban J connectivity index is 3.54. The molecule has 114 valence electrons. The van der Waals surface area contributed by atoms with Crippen LogP contribution in [0.2, 0.25) is 0 Å². The molecule has 0 heterocycles. The Morgan fingerprint density at radius 2 is 1.25 bits per heavy atom. The Hall–Kier alpha value is -1.92. The topological polar surface area (TPSA) is 96.0 Å². The molecule has 0 saturated heterocycles. The number of esters is 3. The van der Waals surface area contributed by atoms with Crippen molar-refractivity contribution >= 4 is 23.7 Å². The fourth-order valence-corrected chi connectivity index (χ4v) is 1.21. The van der Waals surface area contributed by atoms with E-state index in [1.54, 1.807) is 6.92 Å². The molecule has 0 atom stereocenters. The van der Waals surface area contributed by atoms with Crippen molar-refractivity contribution in [1.29, 1.82) is 0 Å². The molecule has 0 aliphatic carbocycles. The van der Waals surface area contributed by atoms with Crippen LogP contribution in [0.4, 0.5) is 0 Å². The molecular formula is C13H20O7. The average molecular weight is 288 g/mol. The van der Waals surface area contributed by atoms with E-state index in [0.717, 1.165) is 0 Å². The summed E-state index contributed by atoms with van der Waals surface area (Å²) in [4.78, 5) is 43.8. The SMILES string of the molecule is CCOC(=O)COC(=O)CCCCC(=O)OCC(C)=O. The molecule has 0 aliphatic rings. The average Bonchev–Trinajstić information content (AvgIpc) is 2.39.